The number of aromatic nitrogens is 2. The van der Waals surface area contributed by atoms with E-state index in [1.807, 2.05) is 30.5 Å². The van der Waals surface area contributed by atoms with Crippen molar-refractivity contribution in [2.45, 2.75) is 26.4 Å². The van der Waals surface area contributed by atoms with Gasteiger partial charge in [-0.3, -0.25) is 4.79 Å². The zero-order valence-corrected chi connectivity index (χ0v) is 15.8. The molecular weight excluding hydrogens is 354 g/mol. The molecule has 6 heteroatoms. The van der Waals surface area contributed by atoms with E-state index in [1.165, 1.54) is 0 Å². The molecule has 1 aliphatic rings. The Balaban J connectivity index is 1.48. The number of methoxy groups -OCH3 is 1. The van der Waals surface area contributed by atoms with E-state index in [9.17, 15) is 9.90 Å². The van der Waals surface area contributed by atoms with Crippen LogP contribution in [0, 0.1) is 6.92 Å². The molecule has 28 heavy (non-hydrogen) atoms. The Labute approximate surface area is 163 Å². The van der Waals surface area contributed by atoms with E-state index in [2.05, 4.69) is 9.97 Å². The molecule has 1 aliphatic heterocycles. The van der Waals surface area contributed by atoms with Crippen LogP contribution in [-0.4, -0.2) is 33.0 Å². The lowest BCUT2D eigenvalue weighted by atomic mass is 10.1. The first-order valence-corrected chi connectivity index (χ1v) is 9.09. The first kappa shape index (κ1) is 18.0. The summed E-state index contributed by atoms with van der Waals surface area (Å²) in [5.74, 6) is 1.67. The third-order valence-corrected chi connectivity index (χ3v) is 4.96. The number of aryl methyl sites for hydroxylation is 1. The zero-order valence-electron chi connectivity index (χ0n) is 15.8. The molecule has 0 fully saturated rings. The van der Waals surface area contributed by atoms with Gasteiger partial charge in [0, 0.05) is 30.3 Å². The van der Waals surface area contributed by atoms with Crippen LogP contribution in [-0.2, 0) is 19.5 Å². The highest BCUT2D eigenvalue weighted by Crippen LogP contribution is 2.25. The van der Waals surface area contributed by atoms with E-state index >= 15 is 0 Å². The molecule has 0 saturated heterocycles. The average molecular weight is 375 g/mol. The van der Waals surface area contributed by atoms with E-state index in [4.69, 9.17) is 4.74 Å². The fourth-order valence-corrected chi connectivity index (χ4v) is 3.32. The van der Waals surface area contributed by atoms with Crippen LogP contribution in [0.1, 0.15) is 38.6 Å². The Bertz CT molecular complexity index is 1030. The highest BCUT2D eigenvalue weighted by atomic mass is 16.5. The van der Waals surface area contributed by atoms with Gasteiger partial charge in [-0.2, -0.15) is 0 Å². The molecule has 2 aromatic carbocycles. The maximum atomic E-state index is 12.8. The van der Waals surface area contributed by atoms with Gasteiger partial charge in [-0.15, -0.1) is 0 Å². The molecule has 1 amide bonds. The van der Waals surface area contributed by atoms with Gasteiger partial charge in [0.25, 0.3) is 5.91 Å². The van der Waals surface area contributed by atoms with Crippen LogP contribution < -0.4 is 4.74 Å². The van der Waals surface area contributed by atoms with Crippen molar-refractivity contribution >= 4 is 5.91 Å². The fourth-order valence-electron chi connectivity index (χ4n) is 3.32. The van der Waals surface area contributed by atoms with Gasteiger partial charge in [-0.25, -0.2) is 9.97 Å². The van der Waals surface area contributed by atoms with Crippen LogP contribution in [0.25, 0.3) is 0 Å². The third-order valence-electron chi connectivity index (χ3n) is 4.96. The van der Waals surface area contributed by atoms with Crippen molar-refractivity contribution in [2.24, 2.45) is 0 Å². The van der Waals surface area contributed by atoms with Gasteiger partial charge in [0.05, 0.1) is 19.3 Å². The molecule has 1 aromatic heterocycles. The van der Waals surface area contributed by atoms with E-state index in [0.29, 0.717) is 30.6 Å². The number of rotatable bonds is 4. The molecule has 0 saturated carbocycles. The van der Waals surface area contributed by atoms with Crippen molar-refractivity contribution in [1.29, 1.82) is 0 Å². The van der Waals surface area contributed by atoms with Crippen LogP contribution >= 0.6 is 0 Å². The topological polar surface area (TPSA) is 75.6 Å². The number of fused-ring (bicyclic) bond motifs is 1. The highest BCUT2D eigenvalue weighted by Gasteiger charge is 2.26. The second-order valence-corrected chi connectivity index (χ2v) is 6.95. The number of amides is 1. The average Bonchev–Trinajstić information content (AvgIpc) is 3.13. The van der Waals surface area contributed by atoms with Crippen molar-refractivity contribution in [3.8, 4) is 11.5 Å². The summed E-state index contributed by atoms with van der Waals surface area (Å²) in [5.41, 5.74) is 4.22. The molecule has 0 radical (unpaired) electrons. The molecule has 0 aliphatic carbocycles. The first-order chi connectivity index (χ1) is 13.5. The first-order valence-electron chi connectivity index (χ1n) is 9.09. The van der Waals surface area contributed by atoms with Gasteiger partial charge in [-0.05, 0) is 48.4 Å². The summed E-state index contributed by atoms with van der Waals surface area (Å²) >= 11 is 0. The summed E-state index contributed by atoms with van der Waals surface area (Å²) < 4.78 is 5.18. The normalized spacial score (nSPS) is 12.7. The minimum Gasteiger partial charge on any atom is -0.508 e. The molecule has 0 bridgehead atoms. The van der Waals surface area contributed by atoms with Crippen molar-refractivity contribution in [1.82, 2.24) is 14.9 Å². The summed E-state index contributed by atoms with van der Waals surface area (Å²) in [6.45, 7) is 2.74. The monoisotopic (exact) mass is 375 g/mol. The van der Waals surface area contributed by atoms with Crippen molar-refractivity contribution in [3.05, 3.63) is 82.4 Å². The van der Waals surface area contributed by atoms with Crippen molar-refractivity contribution < 1.29 is 14.6 Å². The maximum absolute atomic E-state index is 12.8. The summed E-state index contributed by atoms with van der Waals surface area (Å²) in [7, 11) is 1.64. The van der Waals surface area contributed by atoms with Gasteiger partial charge < -0.3 is 14.7 Å². The molecule has 0 spiro atoms. The standard InChI is InChI=1S/C22H21N3O3/c1-14-9-16(5-8-20(14)26)22(27)25-12-17-11-23-21(24-19(17)13-25)10-15-3-6-18(28-2)7-4-15/h3-9,11,26H,10,12-13H2,1-2H3. The Hall–Kier alpha value is -3.41. The third kappa shape index (κ3) is 3.53. The minimum absolute atomic E-state index is 0.0715. The lowest BCUT2D eigenvalue weighted by Gasteiger charge is -2.15. The number of aromatic hydroxyl groups is 1. The Morgan fingerprint density at radius 2 is 1.96 bits per heavy atom. The molecule has 6 nitrogen and oxygen atoms in total. The Morgan fingerprint density at radius 1 is 1.18 bits per heavy atom. The number of nitrogens with zero attached hydrogens (tertiary/aromatic N) is 3. The molecule has 2 heterocycles. The molecule has 0 atom stereocenters. The van der Waals surface area contributed by atoms with Crippen LogP contribution in [0.3, 0.4) is 0 Å². The van der Waals surface area contributed by atoms with Gasteiger partial charge in [0.1, 0.15) is 17.3 Å². The van der Waals surface area contributed by atoms with Crippen molar-refractivity contribution in [3.63, 3.8) is 0 Å². The van der Waals surface area contributed by atoms with Crippen molar-refractivity contribution in [2.75, 3.05) is 7.11 Å². The van der Waals surface area contributed by atoms with E-state index < -0.39 is 0 Å². The number of carbonyl (C=O) groups is 1. The largest absolute Gasteiger partial charge is 0.508 e. The van der Waals surface area contributed by atoms with E-state index in [0.717, 1.165) is 28.4 Å². The van der Waals surface area contributed by atoms with Crippen LogP contribution in [0.5, 0.6) is 11.5 Å². The highest BCUT2D eigenvalue weighted by molar-refractivity contribution is 5.94. The predicted molar refractivity (Wildman–Crippen MR) is 104 cm³/mol. The van der Waals surface area contributed by atoms with Gasteiger partial charge >= 0.3 is 0 Å². The minimum atomic E-state index is -0.0715. The quantitative estimate of drug-likeness (QED) is 0.758. The summed E-state index contributed by atoms with van der Waals surface area (Å²) in [4.78, 5) is 23.7. The van der Waals surface area contributed by atoms with Crippen LogP contribution in [0.2, 0.25) is 0 Å². The lowest BCUT2D eigenvalue weighted by molar-refractivity contribution is 0.0750. The number of phenolic OH excluding ortho intramolecular Hbond substituents is 1. The fraction of sp³-hybridized carbons (Fsp3) is 0.227. The number of phenols is 1. The lowest BCUT2D eigenvalue weighted by Crippen LogP contribution is -2.25. The zero-order chi connectivity index (χ0) is 19.7. The summed E-state index contributed by atoms with van der Waals surface area (Å²) in [6.07, 6.45) is 2.44. The molecular formula is C22H21N3O3. The summed E-state index contributed by atoms with van der Waals surface area (Å²) in [6, 6.07) is 12.7. The number of hydrogen-bond acceptors (Lipinski definition) is 5. The maximum Gasteiger partial charge on any atom is 0.254 e. The molecule has 142 valence electrons. The second kappa shape index (κ2) is 7.31. The number of hydrogen-bond donors (Lipinski definition) is 1. The predicted octanol–water partition coefficient (Wildman–Crippen LogP) is 3.25. The van der Waals surface area contributed by atoms with Gasteiger partial charge in [0.2, 0.25) is 0 Å². The molecule has 1 N–H and O–H groups in total. The molecule has 3 aromatic rings. The van der Waals surface area contributed by atoms with Gasteiger partial charge in [-0.1, -0.05) is 12.1 Å². The Kier molecular flexibility index (Phi) is 4.69. The second-order valence-electron chi connectivity index (χ2n) is 6.95. The Morgan fingerprint density at radius 3 is 2.68 bits per heavy atom. The molecule has 4 rings (SSSR count). The van der Waals surface area contributed by atoms with Gasteiger partial charge in [0.15, 0.2) is 0 Å². The number of ether oxygens (including phenoxy) is 1. The number of carbonyl (C=O) groups excluding carboxylic acids is 1. The molecule has 0 unspecified atom stereocenters. The van der Waals surface area contributed by atoms with Crippen LogP contribution in [0.4, 0.5) is 0 Å². The summed E-state index contributed by atoms with van der Waals surface area (Å²) in [5, 5.41) is 9.66. The van der Waals surface area contributed by atoms with Crippen LogP contribution in [0.15, 0.2) is 48.7 Å². The SMILES string of the molecule is COc1ccc(Cc2ncc3c(n2)CN(C(=O)c2ccc(O)c(C)c2)C3)cc1. The van der Waals surface area contributed by atoms with E-state index in [-0.39, 0.29) is 11.7 Å². The smallest absolute Gasteiger partial charge is 0.254 e. The number of benzene rings is 2. The van der Waals surface area contributed by atoms with E-state index in [1.54, 1.807) is 37.1 Å².